The molecular formula is C15H19N3O2. The molecule has 1 heterocycles. The van der Waals surface area contributed by atoms with Crippen molar-refractivity contribution in [1.29, 1.82) is 0 Å². The third-order valence-corrected chi connectivity index (χ3v) is 4.16. The first-order valence-electron chi connectivity index (χ1n) is 7.10. The number of nitrogens with zero attached hydrogens (tertiary/aromatic N) is 2. The van der Waals surface area contributed by atoms with E-state index in [0.29, 0.717) is 13.1 Å². The average molecular weight is 273 g/mol. The lowest BCUT2D eigenvalue weighted by Gasteiger charge is -2.24. The summed E-state index contributed by atoms with van der Waals surface area (Å²) in [6, 6.07) is 7.71. The van der Waals surface area contributed by atoms with Gasteiger partial charge in [0.25, 0.3) is 0 Å². The van der Waals surface area contributed by atoms with Crippen molar-refractivity contribution in [3.8, 4) is 0 Å². The van der Waals surface area contributed by atoms with Crippen molar-refractivity contribution >= 4 is 16.9 Å². The molecule has 1 aliphatic rings. The van der Waals surface area contributed by atoms with E-state index in [4.69, 9.17) is 0 Å². The maximum Gasteiger partial charge on any atom is 0.328 e. The Labute approximate surface area is 117 Å². The quantitative estimate of drug-likeness (QED) is 0.911. The molecule has 5 nitrogen and oxygen atoms in total. The van der Waals surface area contributed by atoms with E-state index in [1.54, 1.807) is 16.2 Å². The summed E-state index contributed by atoms with van der Waals surface area (Å²) in [7, 11) is 1.77. The van der Waals surface area contributed by atoms with E-state index < -0.39 is 0 Å². The molecule has 0 saturated heterocycles. The topological polar surface area (TPSA) is 56.0 Å². The number of carbonyl (C=O) groups is 1. The monoisotopic (exact) mass is 273 g/mol. The molecule has 5 heteroatoms. The van der Waals surface area contributed by atoms with Crippen LogP contribution in [0.4, 0.5) is 0 Å². The number of carbonyl (C=O) groups excluding carboxylic acids is 1. The number of fused-ring (bicyclic) bond motifs is 1. The third kappa shape index (κ3) is 2.13. The number of aryl methyl sites for hydroxylation is 1. The van der Waals surface area contributed by atoms with E-state index in [2.05, 4.69) is 5.32 Å². The average Bonchev–Trinajstić information content (AvgIpc) is 2.62. The standard InChI is InChI=1S/C15H19N3O2/c1-17-12-7-2-3-8-13(12)18(15(17)20)10-9-16-14(19)11-5-4-6-11/h2-3,7-8,11H,4-6,9-10H2,1H3,(H,16,19). The number of hydrogen-bond acceptors (Lipinski definition) is 2. The Bertz CT molecular complexity index is 695. The number of rotatable bonds is 4. The molecule has 1 aromatic carbocycles. The van der Waals surface area contributed by atoms with E-state index in [-0.39, 0.29) is 17.5 Å². The zero-order chi connectivity index (χ0) is 14.1. The summed E-state index contributed by atoms with van der Waals surface area (Å²) in [5.41, 5.74) is 1.80. The molecule has 1 aromatic heterocycles. The highest BCUT2D eigenvalue weighted by atomic mass is 16.2. The van der Waals surface area contributed by atoms with Crippen LogP contribution in [-0.4, -0.2) is 21.6 Å². The first-order chi connectivity index (χ1) is 9.68. The fourth-order valence-electron chi connectivity index (χ4n) is 2.68. The molecule has 0 aliphatic heterocycles. The second-order valence-electron chi connectivity index (χ2n) is 5.40. The van der Waals surface area contributed by atoms with Crippen LogP contribution < -0.4 is 11.0 Å². The molecule has 1 amide bonds. The number of imidazole rings is 1. The lowest BCUT2D eigenvalue weighted by molar-refractivity contribution is -0.127. The van der Waals surface area contributed by atoms with Gasteiger partial charge >= 0.3 is 5.69 Å². The summed E-state index contributed by atoms with van der Waals surface area (Å²) in [5.74, 6) is 0.323. The minimum Gasteiger partial charge on any atom is -0.354 e. The Morgan fingerprint density at radius 1 is 1.30 bits per heavy atom. The van der Waals surface area contributed by atoms with Gasteiger partial charge in [-0.2, -0.15) is 0 Å². The first kappa shape index (κ1) is 13.0. The van der Waals surface area contributed by atoms with Crippen molar-refractivity contribution in [2.75, 3.05) is 6.54 Å². The van der Waals surface area contributed by atoms with Crippen molar-refractivity contribution in [1.82, 2.24) is 14.5 Å². The van der Waals surface area contributed by atoms with Crippen molar-refractivity contribution < 1.29 is 4.79 Å². The third-order valence-electron chi connectivity index (χ3n) is 4.16. The SMILES string of the molecule is Cn1c(=O)n(CCNC(=O)C2CCC2)c2ccccc21. The molecule has 106 valence electrons. The predicted octanol–water partition coefficient (Wildman–Crippen LogP) is 1.26. The minimum atomic E-state index is -0.0379. The van der Waals surface area contributed by atoms with Crippen molar-refractivity contribution in [2.45, 2.75) is 25.8 Å². The Balaban J connectivity index is 1.72. The van der Waals surface area contributed by atoms with Gasteiger partial charge in [-0.15, -0.1) is 0 Å². The molecule has 3 rings (SSSR count). The summed E-state index contributed by atoms with van der Waals surface area (Å²) in [4.78, 5) is 23.9. The number of benzene rings is 1. The second-order valence-corrected chi connectivity index (χ2v) is 5.40. The fraction of sp³-hybridized carbons (Fsp3) is 0.467. The van der Waals surface area contributed by atoms with Crippen LogP contribution in [0.2, 0.25) is 0 Å². The molecule has 1 aliphatic carbocycles. The van der Waals surface area contributed by atoms with Gasteiger partial charge in [-0.05, 0) is 25.0 Å². The van der Waals surface area contributed by atoms with Crippen LogP contribution in [0.15, 0.2) is 29.1 Å². The van der Waals surface area contributed by atoms with Crippen LogP contribution in [0.5, 0.6) is 0 Å². The lowest BCUT2D eigenvalue weighted by atomic mass is 9.85. The molecule has 0 bridgehead atoms. The van der Waals surface area contributed by atoms with Crippen molar-refractivity contribution in [2.24, 2.45) is 13.0 Å². The summed E-state index contributed by atoms with van der Waals surface area (Å²) < 4.78 is 3.36. The summed E-state index contributed by atoms with van der Waals surface area (Å²) in [5, 5.41) is 2.93. The first-order valence-corrected chi connectivity index (χ1v) is 7.10. The second kappa shape index (κ2) is 5.15. The fourth-order valence-corrected chi connectivity index (χ4v) is 2.68. The van der Waals surface area contributed by atoms with Gasteiger partial charge in [0.05, 0.1) is 11.0 Å². The van der Waals surface area contributed by atoms with Gasteiger partial charge in [-0.1, -0.05) is 18.6 Å². The predicted molar refractivity (Wildman–Crippen MR) is 77.5 cm³/mol. The Morgan fingerprint density at radius 3 is 2.65 bits per heavy atom. The van der Waals surface area contributed by atoms with Crippen LogP contribution in [0.1, 0.15) is 19.3 Å². The van der Waals surface area contributed by atoms with Crippen LogP contribution in [-0.2, 0) is 18.4 Å². The van der Waals surface area contributed by atoms with Crippen LogP contribution in [0.25, 0.3) is 11.0 Å². The molecule has 1 N–H and O–H groups in total. The zero-order valence-electron chi connectivity index (χ0n) is 11.6. The number of para-hydroxylation sites is 2. The smallest absolute Gasteiger partial charge is 0.328 e. The Kier molecular flexibility index (Phi) is 3.34. The number of hydrogen-bond donors (Lipinski definition) is 1. The molecule has 0 unspecified atom stereocenters. The van der Waals surface area contributed by atoms with E-state index in [1.165, 1.54) is 0 Å². The molecular weight excluding hydrogens is 254 g/mol. The summed E-state index contributed by atoms with van der Waals surface area (Å²) in [6.45, 7) is 1.02. The van der Waals surface area contributed by atoms with Crippen LogP contribution in [0.3, 0.4) is 0 Å². The van der Waals surface area contributed by atoms with Crippen molar-refractivity contribution in [3.05, 3.63) is 34.7 Å². The van der Waals surface area contributed by atoms with Gasteiger partial charge < -0.3 is 5.32 Å². The Morgan fingerprint density at radius 2 is 2.00 bits per heavy atom. The Hall–Kier alpha value is -2.04. The van der Waals surface area contributed by atoms with Gasteiger partial charge in [0.2, 0.25) is 5.91 Å². The highest BCUT2D eigenvalue weighted by Crippen LogP contribution is 2.26. The number of nitrogens with one attached hydrogen (secondary N) is 1. The molecule has 0 radical (unpaired) electrons. The largest absolute Gasteiger partial charge is 0.354 e. The van der Waals surface area contributed by atoms with Crippen LogP contribution in [0, 0.1) is 5.92 Å². The minimum absolute atomic E-state index is 0.0379. The maximum absolute atomic E-state index is 12.2. The zero-order valence-corrected chi connectivity index (χ0v) is 11.6. The van der Waals surface area contributed by atoms with Crippen LogP contribution >= 0.6 is 0 Å². The summed E-state index contributed by atoms with van der Waals surface area (Å²) >= 11 is 0. The molecule has 0 spiro atoms. The molecule has 20 heavy (non-hydrogen) atoms. The molecule has 1 saturated carbocycles. The van der Waals surface area contributed by atoms with E-state index >= 15 is 0 Å². The van der Waals surface area contributed by atoms with E-state index in [9.17, 15) is 9.59 Å². The maximum atomic E-state index is 12.2. The van der Waals surface area contributed by atoms with E-state index in [1.807, 2.05) is 24.3 Å². The highest BCUT2D eigenvalue weighted by molar-refractivity contribution is 5.79. The molecule has 1 fully saturated rings. The van der Waals surface area contributed by atoms with Gasteiger partial charge in [0, 0.05) is 26.1 Å². The molecule has 0 atom stereocenters. The number of amides is 1. The molecule has 2 aromatic rings. The van der Waals surface area contributed by atoms with Gasteiger partial charge in [0.1, 0.15) is 0 Å². The lowest BCUT2D eigenvalue weighted by Crippen LogP contribution is -2.37. The van der Waals surface area contributed by atoms with Gasteiger partial charge in [0.15, 0.2) is 0 Å². The van der Waals surface area contributed by atoms with Gasteiger partial charge in [-0.3, -0.25) is 13.9 Å². The summed E-state index contributed by atoms with van der Waals surface area (Å²) in [6.07, 6.45) is 3.15. The highest BCUT2D eigenvalue weighted by Gasteiger charge is 2.24. The van der Waals surface area contributed by atoms with Gasteiger partial charge in [-0.25, -0.2) is 4.79 Å². The van der Waals surface area contributed by atoms with Crippen molar-refractivity contribution in [3.63, 3.8) is 0 Å². The normalized spacial score (nSPS) is 15.2. The van der Waals surface area contributed by atoms with E-state index in [0.717, 1.165) is 30.3 Å². The number of aromatic nitrogens is 2.